The van der Waals surface area contributed by atoms with Gasteiger partial charge in [-0.25, -0.2) is 9.97 Å². The van der Waals surface area contributed by atoms with Crippen molar-refractivity contribution in [2.24, 2.45) is 5.41 Å². The average Bonchev–Trinajstić information content (AvgIpc) is 2.25. The van der Waals surface area contributed by atoms with E-state index in [4.69, 9.17) is 0 Å². The molecule has 2 rings (SSSR count). The third-order valence-corrected chi connectivity index (χ3v) is 2.66. The monoisotopic (exact) mass is 220 g/mol. The first kappa shape index (κ1) is 11.3. The van der Waals surface area contributed by atoms with E-state index in [9.17, 15) is 0 Å². The summed E-state index contributed by atoms with van der Waals surface area (Å²) in [5.41, 5.74) is 2.68. The topological polar surface area (TPSA) is 49.8 Å². The Kier molecular flexibility index (Phi) is 3.10. The van der Waals surface area contributed by atoms with Gasteiger partial charge in [0, 0.05) is 31.6 Å². The fraction of sp³-hybridized carbons (Fsp3) is 0.667. The second-order valence-corrected chi connectivity index (χ2v) is 5.49. The molecular weight excluding hydrogens is 200 g/mol. The van der Waals surface area contributed by atoms with Crippen molar-refractivity contribution >= 4 is 5.82 Å². The van der Waals surface area contributed by atoms with Crippen LogP contribution in [0.3, 0.4) is 0 Å². The molecule has 0 spiro atoms. The second-order valence-electron chi connectivity index (χ2n) is 5.49. The van der Waals surface area contributed by atoms with Crippen LogP contribution in [0.15, 0.2) is 6.33 Å². The van der Waals surface area contributed by atoms with Gasteiger partial charge in [-0.1, -0.05) is 20.8 Å². The van der Waals surface area contributed by atoms with Crippen LogP contribution in [0.4, 0.5) is 5.82 Å². The molecule has 0 unspecified atom stereocenters. The number of hydrogen-bond acceptors (Lipinski definition) is 4. The Morgan fingerprint density at radius 3 is 2.94 bits per heavy atom. The molecule has 0 saturated heterocycles. The maximum Gasteiger partial charge on any atom is 0.134 e. The maximum absolute atomic E-state index is 4.33. The van der Waals surface area contributed by atoms with E-state index in [0.29, 0.717) is 0 Å². The number of aromatic nitrogens is 2. The molecule has 16 heavy (non-hydrogen) atoms. The fourth-order valence-corrected chi connectivity index (χ4v) is 1.77. The molecule has 0 aliphatic carbocycles. The van der Waals surface area contributed by atoms with Gasteiger partial charge in [-0.05, 0) is 5.41 Å². The van der Waals surface area contributed by atoms with Crippen molar-refractivity contribution in [3.05, 3.63) is 17.6 Å². The minimum atomic E-state index is 0.264. The van der Waals surface area contributed by atoms with Gasteiger partial charge in [0.1, 0.15) is 12.1 Å². The quantitative estimate of drug-likeness (QED) is 0.794. The summed E-state index contributed by atoms with van der Waals surface area (Å²) in [4.78, 5) is 8.67. The predicted octanol–water partition coefficient (Wildman–Crippen LogP) is 1.58. The van der Waals surface area contributed by atoms with Gasteiger partial charge in [0.25, 0.3) is 0 Å². The van der Waals surface area contributed by atoms with E-state index >= 15 is 0 Å². The largest absolute Gasteiger partial charge is 0.369 e. The Morgan fingerprint density at radius 1 is 1.38 bits per heavy atom. The van der Waals surface area contributed by atoms with E-state index < -0.39 is 0 Å². The van der Waals surface area contributed by atoms with Crippen LogP contribution in [0.5, 0.6) is 0 Å². The highest BCUT2D eigenvalue weighted by atomic mass is 15.0. The molecule has 4 nitrogen and oxygen atoms in total. The molecule has 0 atom stereocenters. The van der Waals surface area contributed by atoms with Crippen molar-refractivity contribution in [2.75, 3.05) is 18.4 Å². The molecule has 0 bridgehead atoms. The lowest BCUT2D eigenvalue weighted by atomic mass is 9.97. The molecule has 1 aromatic heterocycles. The van der Waals surface area contributed by atoms with Crippen molar-refractivity contribution in [1.29, 1.82) is 0 Å². The van der Waals surface area contributed by atoms with Crippen LogP contribution in [-0.4, -0.2) is 23.1 Å². The van der Waals surface area contributed by atoms with E-state index in [1.165, 1.54) is 11.3 Å². The fourth-order valence-electron chi connectivity index (χ4n) is 1.77. The SMILES string of the molecule is CC(C)(C)CNc1ncnc2c1CNCC2. The zero-order chi connectivity index (χ0) is 11.6. The Morgan fingerprint density at radius 2 is 2.19 bits per heavy atom. The summed E-state index contributed by atoms with van der Waals surface area (Å²) in [6.45, 7) is 9.46. The van der Waals surface area contributed by atoms with Crippen LogP contribution in [0.1, 0.15) is 32.0 Å². The summed E-state index contributed by atoms with van der Waals surface area (Å²) in [5, 5.41) is 6.78. The van der Waals surface area contributed by atoms with Crippen molar-refractivity contribution < 1.29 is 0 Å². The van der Waals surface area contributed by atoms with Crippen LogP contribution in [-0.2, 0) is 13.0 Å². The van der Waals surface area contributed by atoms with Gasteiger partial charge in [-0.2, -0.15) is 0 Å². The molecule has 2 N–H and O–H groups in total. The number of fused-ring (bicyclic) bond motifs is 1. The molecule has 0 radical (unpaired) electrons. The Balaban J connectivity index is 2.15. The molecule has 1 aliphatic rings. The van der Waals surface area contributed by atoms with Gasteiger partial charge in [-0.15, -0.1) is 0 Å². The third-order valence-electron chi connectivity index (χ3n) is 2.66. The third kappa shape index (κ3) is 2.70. The first-order valence-electron chi connectivity index (χ1n) is 5.83. The van der Waals surface area contributed by atoms with Crippen LogP contribution in [0, 0.1) is 5.41 Å². The van der Waals surface area contributed by atoms with E-state index in [-0.39, 0.29) is 5.41 Å². The normalized spacial score (nSPS) is 15.7. The molecule has 4 heteroatoms. The molecule has 2 heterocycles. The Bertz CT molecular complexity index is 368. The number of hydrogen-bond donors (Lipinski definition) is 2. The van der Waals surface area contributed by atoms with Crippen molar-refractivity contribution in [3.8, 4) is 0 Å². The van der Waals surface area contributed by atoms with E-state index in [0.717, 1.165) is 31.9 Å². The minimum absolute atomic E-state index is 0.264. The molecule has 0 amide bonds. The van der Waals surface area contributed by atoms with E-state index in [2.05, 4.69) is 41.4 Å². The standard InChI is InChI=1S/C12H20N4/c1-12(2,3)7-14-11-9-6-13-5-4-10(9)15-8-16-11/h8,13H,4-7H2,1-3H3,(H,14,15,16). The first-order valence-corrected chi connectivity index (χ1v) is 5.83. The number of rotatable bonds is 2. The minimum Gasteiger partial charge on any atom is -0.369 e. The number of anilines is 1. The molecule has 0 aromatic carbocycles. The lowest BCUT2D eigenvalue weighted by Crippen LogP contribution is -2.27. The van der Waals surface area contributed by atoms with E-state index in [1.54, 1.807) is 6.33 Å². The summed E-state index contributed by atoms with van der Waals surface area (Å²) in [6, 6.07) is 0. The lowest BCUT2D eigenvalue weighted by Gasteiger charge is -2.23. The highest BCUT2D eigenvalue weighted by Crippen LogP contribution is 2.20. The van der Waals surface area contributed by atoms with Crippen LogP contribution < -0.4 is 10.6 Å². The first-order chi connectivity index (χ1) is 7.56. The maximum atomic E-state index is 4.33. The number of nitrogens with one attached hydrogen (secondary N) is 2. The Hall–Kier alpha value is -1.16. The van der Waals surface area contributed by atoms with Gasteiger partial charge < -0.3 is 10.6 Å². The summed E-state index contributed by atoms with van der Waals surface area (Å²) in [6.07, 6.45) is 2.66. The van der Waals surface area contributed by atoms with Crippen molar-refractivity contribution in [1.82, 2.24) is 15.3 Å². The molecule has 88 valence electrons. The predicted molar refractivity (Wildman–Crippen MR) is 65.4 cm³/mol. The summed E-state index contributed by atoms with van der Waals surface area (Å²) in [7, 11) is 0. The highest BCUT2D eigenvalue weighted by molar-refractivity contribution is 5.46. The molecule has 1 aromatic rings. The van der Waals surface area contributed by atoms with Crippen molar-refractivity contribution in [3.63, 3.8) is 0 Å². The molecule has 0 fully saturated rings. The second kappa shape index (κ2) is 4.37. The molecule has 1 aliphatic heterocycles. The molecular formula is C12H20N4. The zero-order valence-electron chi connectivity index (χ0n) is 10.3. The summed E-state index contributed by atoms with van der Waals surface area (Å²) >= 11 is 0. The summed E-state index contributed by atoms with van der Waals surface area (Å²) in [5.74, 6) is 0.993. The van der Waals surface area contributed by atoms with Gasteiger partial charge in [0.2, 0.25) is 0 Å². The highest BCUT2D eigenvalue weighted by Gasteiger charge is 2.16. The van der Waals surface area contributed by atoms with Crippen molar-refractivity contribution in [2.45, 2.75) is 33.7 Å². The van der Waals surface area contributed by atoms with Gasteiger partial charge >= 0.3 is 0 Å². The number of nitrogens with zero attached hydrogens (tertiary/aromatic N) is 2. The van der Waals surface area contributed by atoms with E-state index in [1.807, 2.05) is 0 Å². The smallest absolute Gasteiger partial charge is 0.134 e. The van der Waals surface area contributed by atoms with Gasteiger partial charge in [-0.3, -0.25) is 0 Å². The van der Waals surface area contributed by atoms with Gasteiger partial charge in [0.15, 0.2) is 0 Å². The summed E-state index contributed by atoms with van der Waals surface area (Å²) < 4.78 is 0. The van der Waals surface area contributed by atoms with Crippen LogP contribution in [0.25, 0.3) is 0 Å². The average molecular weight is 220 g/mol. The zero-order valence-corrected chi connectivity index (χ0v) is 10.3. The van der Waals surface area contributed by atoms with Crippen LogP contribution >= 0.6 is 0 Å². The van der Waals surface area contributed by atoms with Gasteiger partial charge in [0.05, 0.1) is 5.69 Å². The Labute approximate surface area is 96.9 Å². The molecule has 0 saturated carbocycles. The van der Waals surface area contributed by atoms with Crippen LogP contribution in [0.2, 0.25) is 0 Å². The lowest BCUT2D eigenvalue weighted by molar-refractivity contribution is 0.442.